The Morgan fingerprint density at radius 1 is 1.53 bits per heavy atom. The van der Waals surface area contributed by atoms with Crippen LogP contribution in [-0.2, 0) is 4.79 Å². The third-order valence-electron chi connectivity index (χ3n) is 2.20. The zero-order chi connectivity index (χ0) is 14.3. The van der Waals surface area contributed by atoms with E-state index in [1.54, 1.807) is 31.0 Å². The average molecular weight is 347 g/mol. The van der Waals surface area contributed by atoms with Gasteiger partial charge in [-0.2, -0.15) is 11.8 Å². The summed E-state index contributed by atoms with van der Waals surface area (Å²) in [6.45, 7) is 0.584. The lowest BCUT2D eigenvalue weighted by Gasteiger charge is -2.13. The molecule has 0 heterocycles. The molecule has 19 heavy (non-hydrogen) atoms. The van der Waals surface area contributed by atoms with E-state index >= 15 is 0 Å². The zero-order valence-electron chi connectivity index (χ0n) is 10.7. The van der Waals surface area contributed by atoms with E-state index in [1.165, 1.54) is 6.08 Å². The second-order valence-electron chi connectivity index (χ2n) is 3.55. The molecule has 0 atom stereocenters. The Bertz CT molecular complexity index is 474. The van der Waals surface area contributed by atoms with Gasteiger partial charge in [0.05, 0.1) is 18.2 Å². The Morgan fingerprint density at radius 2 is 2.26 bits per heavy atom. The maximum Gasteiger partial charge on any atom is 0.328 e. The smallest absolute Gasteiger partial charge is 0.328 e. The summed E-state index contributed by atoms with van der Waals surface area (Å²) in [5.41, 5.74) is 0.725. The number of aliphatic carboxylic acids is 1. The van der Waals surface area contributed by atoms with Gasteiger partial charge >= 0.3 is 5.97 Å². The van der Waals surface area contributed by atoms with Gasteiger partial charge in [-0.05, 0) is 46.0 Å². The largest absolute Gasteiger partial charge is 0.493 e. The fourth-order valence-corrected chi connectivity index (χ4v) is 2.19. The molecular formula is C13H15BrO4S. The van der Waals surface area contributed by atoms with Crippen molar-refractivity contribution in [3.05, 3.63) is 28.2 Å². The minimum Gasteiger partial charge on any atom is -0.493 e. The van der Waals surface area contributed by atoms with Crippen molar-refractivity contribution < 1.29 is 19.4 Å². The number of carbonyl (C=O) groups is 1. The lowest BCUT2D eigenvalue weighted by atomic mass is 10.2. The molecule has 0 unspecified atom stereocenters. The van der Waals surface area contributed by atoms with Gasteiger partial charge in [0.1, 0.15) is 0 Å². The third-order valence-corrected chi connectivity index (χ3v) is 3.37. The molecule has 0 spiro atoms. The van der Waals surface area contributed by atoms with Crippen molar-refractivity contribution in [3.8, 4) is 11.5 Å². The van der Waals surface area contributed by atoms with Gasteiger partial charge in [0.2, 0.25) is 0 Å². The first-order chi connectivity index (χ1) is 9.08. The van der Waals surface area contributed by atoms with Crippen LogP contribution in [0.15, 0.2) is 22.7 Å². The van der Waals surface area contributed by atoms with Gasteiger partial charge in [-0.3, -0.25) is 0 Å². The number of ether oxygens (including phenoxy) is 2. The van der Waals surface area contributed by atoms with E-state index in [-0.39, 0.29) is 0 Å². The summed E-state index contributed by atoms with van der Waals surface area (Å²) in [5, 5.41) is 8.61. The summed E-state index contributed by atoms with van der Waals surface area (Å²) in [5.74, 6) is 1.09. The first-order valence-electron chi connectivity index (χ1n) is 5.48. The molecular weight excluding hydrogens is 332 g/mol. The van der Waals surface area contributed by atoms with Crippen molar-refractivity contribution in [1.82, 2.24) is 0 Å². The number of hydrogen-bond acceptors (Lipinski definition) is 4. The van der Waals surface area contributed by atoms with Crippen LogP contribution in [0.25, 0.3) is 6.08 Å². The number of thioether (sulfide) groups is 1. The molecule has 0 fully saturated rings. The van der Waals surface area contributed by atoms with E-state index in [0.717, 1.165) is 21.9 Å². The van der Waals surface area contributed by atoms with Gasteiger partial charge in [-0.25, -0.2) is 4.79 Å². The van der Waals surface area contributed by atoms with Crippen LogP contribution in [0.2, 0.25) is 0 Å². The van der Waals surface area contributed by atoms with E-state index in [2.05, 4.69) is 15.9 Å². The predicted molar refractivity (Wildman–Crippen MR) is 81.2 cm³/mol. The summed E-state index contributed by atoms with van der Waals surface area (Å²) >= 11 is 5.10. The molecule has 0 aliphatic carbocycles. The average Bonchev–Trinajstić information content (AvgIpc) is 2.38. The minimum atomic E-state index is -0.990. The van der Waals surface area contributed by atoms with Gasteiger partial charge in [0, 0.05) is 11.8 Å². The van der Waals surface area contributed by atoms with E-state index in [4.69, 9.17) is 14.6 Å². The van der Waals surface area contributed by atoms with Gasteiger partial charge in [0.25, 0.3) is 0 Å². The number of benzene rings is 1. The third kappa shape index (κ3) is 5.16. The number of rotatable bonds is 7. The highest BCUT2D eigenvalue weighted by Gasteiger charge is 2.10. The lowest BCUT2D eigenvalue weighted by molar-refractivity contribution is -0.131. The fourth-order valence-electron chi connectivity index (χ4n) is 1.37. The molecule has 1 aromatic rings. The normalized spacial score (nSPS) is 10.7. The lowest BCUT2D eigenvalue weighted by Crippen LogP contribution is -2.02. The van der Waals surface area contributed by atoms with Crippen LogP contribution in [0.3, 0.4) is 0 Å². The number of hydrogen-bond donors (Lipinski definition) is 1. The Balaban J connectivity index is 2.97. The van der Waals surface area contributed by atoms with Gasteiger partial charge < -0.3 is 14.6 Å². The van der Waals surface area contributed by atoms with Crippen LogP contribution >= 0.6 is 27.7 Å². The molecule has 0 radical (unpaired) electrons. The quantitative estimate of drug-likeness (QED) is 0.606. The summed E-state index contributed by atoms with van der Waals surface area (Å²) in [7, 11) is 1.55. The van der Waals surface area contributed by atoms with Crippen molar-refractivity contribution in [1.29, 1.82) is 0 Å². The number of methoxy groups -OCH3 is 1. The SMILES string of the molecule is COc1cc(/C=C/C(=O)O)cc(Br)c1OCCSC. The summed E-state index contributed by atoms with van der Waals surface area (Å²) in [6, 6.07) is 3.52. The van der Waals surface area contributed by atoms with Crippen molar-refractivity contribution >= 4 is 39.7 Å². The van der Waals surface area contributed by atoms with Gasteiger partial charge in [-0.15, -0.1) is 0 Å². The van der Waals surface area contributed by atoms with Crippen LogP contribution in [0.1, 0.15) is 5.56 Å². The number of halogens is 1. The van der Waals surface area contributed by atoms with Gasteiger partial charge in [-0.1, -0.05) is 0 Å². The fraction of sp³-hybridized carbons (Fsp3) is 0.308. The molecule has 104 valence electrons. The van der Waals surface area contributed by atoms with E-state index < -0.39 is 5.97 Å². The highest BCUT2D eigenvalue weighted by Crippen LogP contribution is 2.37. The molecule has 1 N–H and O–H groups in total. The van der Waals surface area contributed by atoms with Crippen molar-refractivity contribution in [3.63, 3.8) is 0 Å². The molecule has 6 heteroatoms. The Morgan fingerprint density at radius 3 is 2.84 bits per heavy atom. The summed E-state index contributed by atoms with van der Waals surface area (Å²) in [6.07, 6.45) is 4.59. The van der Waals surface area contributed by atoms with E-state index in [1.807, 2.05) is 6.26 Å². The molecule has 0 amide bonds. The number of carboxylic acid groups (broad SMARTS) is 1. The van der Waals surface area contributed by atoms with Crippen molar-refractivity contribution in [2.24, 2.45) is 0 Å². The van der Waals surface area contributed by atoms with Crippen LogP contribution < -0.4 is 9.47 Å². The summed E-state index contributed by atoms with van der Waals surface area (Å²) in [4.78, 5) is 10.5. The maximum atomic E-state index is 10.5. The number of carboxylic acids is 1. The molecule has 1 aromatic carbocycles. The highest BCUT2D eigenvalue weighted by atomic mass is 79.9. The second-order valence-corrected chi connectivity index (χ2v) is 5.39. The molecule has 0 saturated carbocycles. The molecule has 0 aromatic heterocycles. The van der Waals surface area contributed by atoms with Crippen LogP contribution in [-0.4, -0.2) is 36.8 Å². The minimum absolute atomic E-state index is 0.570. The van der Waals surface area contributed by atoms with E-state index in [9.17, 15) is 4.79 Å². The molecule has 0 bridgehead atoms. The summed E-state index contributed by atoms with van der Waals surface area (Å²) < 4.78 is 11.6. The predicted octanol–water partition coefficient (Wildman–Crippen LogP) is 3.30. The highest BCUT2D eigenvalue weighted by molar-refractivity contribution is 9.10. The molecule has 0 saturated heterocycles. The Hall–Kier alpha value is -1.14. The topological polar surface area (TPSA) is 55.8 Å². The van der Waals surface area contributed by atoms with Crippen LogP contribution in [0, 0.1) is 0 Å². The standard InChI is InChI=1S/C13H15BrO4S/c1-17-11-8-9(3-4-12(15)16)7-10(14)13(11)18-5-6-19-2/h3-4,7-8H,5-6H2,1-2H3,(H,15,16)/b4-3+. The van der Waals surface area contributed by atoms with Gasteiger partial charge in [0.15, 0.2) is 11.5 Å². The molecule has 1 rings (SSSR count). The first kappa shape index (κ1) is 15.9. The maximum absolute atomic E-state index is 10.5. The Kier molecular flexibility index (Phi) is 6.80. The molecule has 4 nitrogen and oxygen atoms in total. The van der Waals surface area contributed by atoms with Crippen LogP contribution in [0.5, 0.6) is 11.5 Å². The van der Waals surface area contributed by atoms with E-state index in [0.29, 0.717) is 18.1 Å². The van der Waals surface area contributed by atoms with Crippen molar-refractivity contribution in [2.45, 2.75) is 0 Å². The second kappa shape index (κ2) is 8.12. The zero-order valence-corrected chi connectivity index (χ0v) is 13.1. The Labute approximate surface area is 124 Å². The monoisotopic (exact) mass is 346 g/mol. The molecule has 0 aliphatic heterocycles. The first-order valence-corrected chi connectivity index (χ1v) is 7.67. The van der Waals surface area contributed by atoms with Crippen LogP contribution in [0.4, 0.5) is 0 Å². The van der Waals surface area contributed by atoms with Crippen molar-refractivity contribution in [2.75, 3.05) is 25.7 Å². The molecule has 0 aliphatic rings.